The largest absolute Gasteiger partial charge is 0.307 e. The van der Waals surface area contributed by atoms with Crippen molar-refractivity contribution in [3.05, 3.63) is 46.2 Å². The molecule has 0 spiro atoms. The van der Waals surface area contributed by atoms with Gasteiger partial charge in [-0.15, -0.1) is 0 Å². The molecule has 4 heteroatoms. The van der Waals surface area contributed by atoms with E-state index in [0.29, 0.717) is 12.8 Å². The summed E-state index contributed by atoms with van der Waals surface area (Å²) in [5.74, 6) is -0.0540. The molecular weight excluding hydrogens is 328 g/mol. The van der Waals surface area contributed by atoms with Gasteiger partial charge in [0.15, 0.2) is 5.78 Å². The van der Waals surface area contributed by atoms with Crippen LogP contribution in [0, 0.1) is 24.2 Å². The number of hydrogen-bond acceptors (Lipinski definition) is 4. The molecule has 1 aromatic carbocycles. The van der Waals surface area contributed by atoms with Crippen LogP contribution in [0.25, 0.3) is 11.1 Å². The van der Waals surface area contributed by atoms with Crippen molar-refractivity contribution in [1.29, 1.82) is 5.26 Å². The fourth-order valence-electron chi connectivity index (χ4n) is 3.44. The summed E-state index contributed by atoms with van der Waals surface area (Å²) in [7, 11) is 0. The molecule has 0 aliphatic carbocycles. The Balaban J connectivity index is 1.61. The normalized spacial score (nSPS) is 18.5. The minimum atomic E-state index is -0.245. The maximum Gasteiger partial charge on any atom is 0.151 e. The van der Waals surface area contributed by atoms with Gasteiger partial charge in [-0.25, -0.2) is 0 Å². The van der Waals surface area contributed by atoms with Crippen molar-refractivity contribution in [1.82, 2.24) is 5.32 Å². The van der Waals surface area contributed by atoms with E-state index in [9.17, 15) is 10.1 Å². The van der Waals surface area contributed by atoms with E-state index in [1.54, 1.807) is 11.3 Å². The van der Waals surface area contributed by atoms with E-state index in [4.69, 9.17) is 0 Å². The molecule has 1 saturated heterocycles. The summed E-state index contributed by atoms with van der Waals surface area (Å²) in [6.07, 6.45) is 4.13. The van der Waals surface area contributed by atoms with Gasteiger partial charge in [-0.05, 0) is 65.7 Å². The highest BCUT2D eigenvalue weighted by atomic mass is 32.1. The van der Waals surface area contributed by atoms with Crippen molar-refractivity contribution in [2.24, 2.45) is 5.92 Å². The first-order valence-corrected chi connectivity index (χ1v) is 9.89. The van der Waals surface area contributed by atoms with Crippen LogP contribution in [0.2, 0.25) is 0 Å². The third kappa shape index (κ3) is 4.56. The Kier molecular flexibility index (Phi) is 6.01. The van der Waals surface area contributed by atoms with Crippen molar-refractivity contribution in [2.75, 3.05) is 6.54 Å². The van der Waals surface area contributed by atoms with E-state index < -0.39 is 0 Å². The lowest BCUT2D eigenvalue weighted by Gasteiger charge is -2.23. The molecule has 1 N–H and O–H groups in total. The van der Waals surface area contributed by atoms with Crippen LogP contribution in [0.4, 0.5) is 0 Å². The standard InChI is InChI=1S/C21H24N2OS/c1-15-13-25-14-19(15)18-7-5-16(6-8-18)10-17(12-22)11-21(24)20-4-2-3-9-23-20/h5-8,13-14,17,20,23H,2-4,9-11H2,1H3/t17-,20+/m1/s1. The van der Waals surface area contributed by atoms with Gasteiger partial charge in [0.1, 0.15) is 0 Å². The zero-order valence-electron chi connectivity index (χ0n) is 14.6. The van der Waals surface area contributed by atoms with Crippen LogP contribution in [0.15, 0.2) is 35.0 Å². The number of nitriles is 1. The highest BCUT2D eigenvalue weighted by Crippen LogP contribution is 2.27. The Morgan fingerprint density at radius 1 is 1.32 bits per heavy atom. The summed E-state index contributed by atoms with van der Waals surface area (Å²) >= 11 is 1.71. The molecule has 0 radical (unpaired) electrons. The van der Waals surface area contributed by atoms with Gasteiger partial charge in [0.2, 0.25) is 0 Å². The number of nitrogens with zero attached hydrogens (tertiary/aromatic N) is 1. The molecule has 25 heavy (non-hydrogen) atoms. The molecule has 130 valence electrons. The quantitative estimate of drug-likeness (QED) is 0.832. The molecule has 1 aromatic heterocycles. The average molecular weight is 353 g/mol. The van der Waals surface area contributed by atoms with Crippen molar-refractivity contribution in [3.63, 3.8) is 0 Å². The Morgan fingerprint density at radius 2 is 2.12 bits per heavy atom. The summed E-state index contributed by atoms with van der Waals surface area (Å²) in [5.41, 5.74) is 4.89. The van der Waals surface area contributed by atoms with Crippen LogP contribution in [-0.4, -0.2) is 18.4 Å². The second-order valence-corrected chi connectivity index (χ2v) is 7.61. The lowest BCUT2D eigenvalue weighted by atomic mass is 9.90. The van der Waals surface area contributed by atoms with Gasteiger partial charge in [0, 0.05) is 6.42 Å². The first kappa shape index (κ1) is 17.8. The molecular formula is C21H24N2OS. The Morgan fingerprint density at radius 3 is 2.72 bits per heavy atom. The van der Waals surface area contributed by atoms with Crippen molar-refractivity contribution in [3.8, 4) is 17.2 Å². The average Bonchev–Trinajstić information content (AvgIpc) is 3.08. The van der Waals surface area contributed by atoms with E-state index in [0.717, 1.165) is 31.4 Å². The number of piperidine rings is 1. The van der Waals surface area contributed by atoms with Gasteiger partial charge < -0.3 is 5.32 Å². The third-order valence-corrected chi connectivity index (χ3v) is 5.79. The summed E-state index contributed by atoms with van der Waals surface area (Å²) in [6, 6.07) is 10.7. The molecule has 2 aromatic rings. The lowest BCUT2D eigenvalue weighted by molar-refractivity contribution is -0.122. The van der Waals surface area contributed by atoms with Crippen LogP contribution in [0.3, 0.4) is 0 Å². The maximum absolute atomic E-state index is 12.4. The Hall–Kier alpha value is -1.96. The zero-order chi connectivity index (χ0) is 17.6. The van der Waals surface area contributed by atoms with E-state index >= 15 is 0 Å². The van der Waals surface area contributed by atoms with Crippen LogP contribution < -0.4 is 5.32 Å². The molecule has 3 nitrogen and oxygen atoms in total. The van der Waals surface area contributed by atoms with Gasteiger partial charge in [0.05, 0.1) is 18.0 Å². The van der Waals surface area contributed by atoms with Gasteiger partial charge in [-0.3, -0.25) is 4.79 Å². The maximum atomic E-state index is 12.4. The number of carbonyl (C=O) groups is 1. The second kappa shape index (κ2) is 8.42. The first-order valence-electron chi connectivity index (χ1n) is 8.95. The summed E-state index contributed by atoms with van der Waals surface area (Å²) < 4.78 is 0. The minimum absolute atomic E-state index is 0.0476. The van der Waals surface area contributed by atoms with E-state index in [1.165, 1.54) is 16.7 Å². The summed E-state index contributed by atoms with van der Waals surface area (Å²) in [4.78, 5) is 12.4. The Bertz CT molecular complexity index is 751. The number of hydrogen-bond donors (Lipinski definition) is 1. The number of thiophene rings is 1. The molecule has 0 saturated carbocycles. The number of carbonyl (C=O) groups excluding carboxylic acids is 1. The van der Waals surface area contributed by atoms with Crippen LogP contribution in [0.5, 0.6) is 0 Å². The van der Waals surface area contributed by atoms with Gasteiger partial charge >= 0.3 is 0 Å². The monoisotopic (exact) mass is 352 g/mol. The van der Waals surface area contributed by atoms with Crippen molar-refractivity contribution < 1.29 is 4.79 Å². The van der Waals surface area contributed by atoms with E-state index in [1.807, 2.05) is 0 Å². The topological polar surface area (TPSA) is 52.9 Å². The predicted molar refractivity (Wildman–Crippen MR) is 103 cm³/mol. The number of aryl methyl sites for hydroxylation is 1. The molecule has 0 bridgehead atoms. The number of Topliss-reactive ketones (excluding diaryl/α,β-unsaturated/α-hetero) is 1. The van der Waals surface area contributed by atoms with Crippen LogP contribution in [0.1, 0.15) is 36.8 Å². The van der Waals surface area contributed by atoms with Gasteiger partial charge in [-0.1, -0.05) is 30.7 Å². The highest BCUT2D eigenvalue weighted by Gasteiger charge is 2.23. The lowest BCUT2D eigenvalue weighted by Crippen LogP contribution is -2.41. The molecule has 3 rings (SSSR count). The fraction of sp³-hybridized carbons (Fsp3) is 0.429. The minimum Gasteiger partial charge on any atom is -0.307 e. The molecule has 0 unspecified atom stereocenters. The number of rotatable bonds is 6. The summed E-state index contributed by atoms with van der Waals surface area (Å²) in [6.45, 7) is 3.04. The number of nitrogens with one attached hydrogen (secondary N) is 1. The van der Waals surface area contributed by atoms with E-state index in [2.05, 4.69) is 53.3 Å². The summed E-state index contributed by atoms with van der Waals surface area (Å²) in [5, 5.41) is 17.1. The Labute approximate surface area is 153 Å². The smallest absolute Gasteiger partial charge is 0.151 e. The number of benzene rings is 1. The zero-order valence-corrected chi connectivity index (χ0v) is 15.4. The van der Waals surface area contributed by atoms with Crippen LogP contribution in [-0.2, 0) is 11.2 Å². The molecule has 1 aliphatic rings. The molecule has 1 aliphatic heterocycles. The van der Waals surface area contributed by atoms with Gasteiger partial charge in [0.25, 0.3) is 0 Å². The number of ketones is 1. The van der Waals surface area contributed by atoms with Crippen molar-refractivity contribution in [2.45, 2.75) is 45.1 Å². The van der Waals surface area contributed by atoms with Gasteiger partial charge in [-0.2, -0.15) is 16.6 Å². The molecule has 2 atom stereocenters. The van der Waals surface area contributed by atoms with E-state index in [-0.39, 0.29) is 17.7 Å². The predicted octanol–water partition coefficient (Wildman–Crippen LogP) is 4.51. The second-order valence-electron chi connectivity index (χ2n) is 6.87. The fourth-order valence-corrected chi connectivity index (χ4v) is 4.29. The third-order valence-electron chi connectivity index (χ3n) is 4.93. The molecule has 0 amide bonds. The van der Waals surface area contributed by atoms with Crippen molar-refractivity contribution >= 4 is 17.1 Å². The highest BCUT2D eigenvalue weighted by molar-refractivity contribution is 7.08. The van der Waals surface area contributed by atoms with Crippen LogP contribution >= 0.6 is 11.3 Å². The molecule has 1 fully saturated rings. The SMILES string of the molecule is Cc1cscc1-c1ccc(C[C@@H](C#N)CC(=O)[C@@H]2CCCCN2)cc1. The molecule has 2 heterocycles. The first-order chi connectivity index (χ1) is 12.2.